The first-order valence-electron chi connectivity index (χ1n) is 12.1. The molecule has 3 aliphatic rings. The van der Waals surface area contributed by atoms with E-state index in [1.807, 2.05) is 25.1 Å². The van der Waals surface area contributed by atoms with Crippen molar-refractivity contribution < 1.29 is 14.4 Å². The van der Waals surface area contributed by atoms with Crippen molar-refractivity contribution in [1.29, 1.82) is 0 Å². The number of likely N-dealkylation sites (N-methyl/N-ethyl adjacent to an activating group) is 1. The van der Waals surface area contributed by atoms with Crippen molar-refractivity contribution in [2.24, 2.45) is 4.99 Å². The monoisotopic (exact) mass is 475 g/mol. The van der Waals surface area contributed by atoms with Crippen LogP contribution in [0.15, 0.2) is 64.0 Å². The van der Waals surface area contributed by atoms with E-state index >= 15 is 0 Å². The number of carbonyl (C=O) groups excluding carboxylic acids is 3. The predicted octanol–water partition coefficient (Wildman–Crippen LogP) is 2.35. The summed E-state index contributed by atoms with van der Waals surface area (Å²) in [5.41, 5.74) is 5.25. The minimum Gasteiger partial charge on any atom is -0.349 e. The summed E-state index contributed by atoms with van der Waals surface area (Å²) in [6, 6.07) is 7.92. The van der Waals surface area contributed by atoms with E-state index in [1.165, 1.54) is 11.1 Å². The number of amides is 2. The second-order valence-electron chi connectivity index (χ2n) is 9.30. The van der Waals surface area contributed by atoms with Gasteiger partial charge in [-0.3, -0.25) is 19.4 Å². The van der Waals surface area contributed by atoms with Crippen LogP contribution in [0, 0.1) is 0 Å². The first-order chi connectivity index (χ1) is 16.9. The normalized spacial score (nSPS) is 20.6. The molecular formula is C27H33N5O3. The highest BCUT2D eigenvalue weighted by Gasteiger charge is 2.27. The van der Waals surface area contributed by atoms with Crippen LogP contribution >= 0.6 is 0 Å². The Labute approximate surface area is 206 Å². The van der Waals surface area contributed by atoms with E-state index < -0.39 is 0 Å². The molecule has 0 aromatic heterocycles. The van der Waals surface area contributed by atoms with E-state index in [2.05, 4.69) is 38.4 Å². The highest BCUT2D eigenvalue weighted by atomic mass is 16.2. The van der Waals surface area contributed by atoms with Gasteiger partial charge in [0.25, 0.3) is 0 Å². The Hall–Kier alpha value is -3.52. The van der Waals surface area contributed by atoms with Crippen LogP contribution in [0.4, 0.5) is 0 Å². The van der Waals surface area contributed by atoms with Gasteiger partial charge in [0.15, 0.2) is 5.78 Å². The SMILES string of the molecule is CN[C@@H](C)C(=O)NC1=CNC(C2=CC(C)=C(CC(=O)N[C@@H]3CCCc4ccccc43)C(=O)C2)=NC1. The number of benzene rings is 1. The van der Waals surface area contributed by atoms with Crippen LogP contribution in [0.3, 0.4) is 0 Å². The predicted molar refractivity (Wildman–Crippen MR) is 135 cm³/mol. The Morgan fingerprint density at radius 2 is 2.06 bits per heavy atom. The Kier molecular flexibility index (Phi) is 7.60. The Morgan fingerprint density at radius 1 is 1.26 bits per heavy atom. The third-order valence-electron chi connectivity index (χ3n) is 6.80. The summed E-state index contributed by atoms with van der Waals surface area (Å²) in [5.74, 6) is 0.289. The molecule has 8 heteroatoms. The molecule has 1 aliphatic heterocycles. The van der Waals surface area contributed by atoms with Crippen LogP contribution in [0.5, 0.6) is 0 Å². The molecule has 4 rings (SSSR count). The van der Waals surface area contributed by atoms with Gasteiger partial charge < -0.3 is 21.3 Å². The number of hydrogen-bond acceptors (Lipinski definition) is 6. The summed E-state index contributed by atoms with van der Waals surface area (Å²) in [4.78, 5) is 42.4. The number of amidine groups is 1. The summed E-state index contributed by atoms with van der Waals surface area (Å²) in [6.07, 6.45) is 6.88. The molecular weight excluding hydrogens is 442 g/mol. The van der Waals surface area contributed by atoms with E-state index in [-0.39, 0.29) is 42.5 Å². The summed E-state index contributed by atoms with van der Waals surface area (Å²) in [5, 5.41) is 12.0. The molecule has 184 valence electrons. The maximum atomic E-state index is 13.0. The van der Waals surface area contributed by atoms with Crippen molar-refractivity contribution >= 4 is 23.4 Å². The van der Waals surface area contributed by atoms with Gasteiger partial charge in [0.2, 0.25) is 11.8 Å². The van der Waals surface area contributed by atoms with Crippen LogP contribution in [-0.2, 0) is 20.8 Å². The summed E-state index contributed by atoms with van der Waals surface area (Å²) < 4.78 is 0. The maximum absolute atomic E-state index is 13.0. The van der Waals surface area contributed by atoms with E-state index in [9.17, 15) is 14.4 Å². The highest BCUT2D eigenvalue weighted by molar-refractivity contribution is 6.11. The molecule has 0 saturated carbocycles. The second-order valence-corrected chi connectivity index (χ2v) is 9.30. The van der Waals surface area contributed by atoms with Crippen molar-refractivity contribution in [3.63, 3.8) is 0 Å². The Bertz CT molecular complexity index is 1160. The van der Waals surface area contributed by atoms with Crippen LogP contribution in [0.25, 0.3) is 0 Å². The van der Waals surface area contributed by atoms with Crippen molar-refractivity contribution in [3.05, 3.63) is 70.1 Å². The van der Waals surface area contributed by atoms with Crippen LogP contribution in [0.1, 0.15) is 56.7 Å². The second kappa shape index (κ2) is 10.8. The van der Waals surface area contributed by atoms with Crippen LogP contribution in [0.2, 0.25) is 0 Å². The lowest BCUT2D eigenvalue weighted by atomic mass is 9.87. The lowest BCUT2D eigenvalue weighted by Gasteiger charge is -2.27. The number of Topliss-reactive ketones (excluding diaryl/α,β-unsaturated/α-hetero) is 1. The number of nitrogens with zero attached hydrogens (tertiary/aromatic N) is 1. The summed E-state index contributed by atoms with van der Waals surface area (Å²) >= 11 is 0. The Morgan fingerprint density at radius 3 is 2.77 bits per heavy atom. The molecule has 2 aliphatic carbocycles. The molecule has 8 nitrogen and oxygen atoms in total. The van der Waals surface area contributed by atoms with E-state index in [1.54, 1.807) is 20.2 Å². The molecule has 1 aromatic carbocycles. The van der Waals surface area contributed by atoms with Gasteiger partial charge >= 0.3 is 0 Å². The quantitative estimate of drug-likeness (QED) is 0.484. The molecule has 0 unspecified atom stereocenters. The minimum absolute atomic E-state index is 0.00323. The molecule has 0 fully saturated rings. The maximum Gasteiger partial charge on any atom is 0.241 e. The highest BCUT2D eigenvalue weighted by Crippen LogP contribution is 2.30. The molecule has 0 saturated heterocycles. The zero-order chi connectivity index (χ0) is 24.9. The molecule has 2 atom stereocenters. The molecule has 2 amide bonds. The zero-order valence-electron chi connectivity index (χ0n) is 20.5. The third-order valence-corrected chi connectivity index (χ3v) is 6.80. The fourth-order valence-electron chi connectivity index (χ4n) is 4.68. The molecule has 1 aromatic rings. The average molecular weight is 476 g/mol. The molecule has 35 heavy (non-hydrogen) atoms. The number of carbonyl (C=O) groups is 3. The number of fused-ring (bicyclic) bond motifs is 1. The van der Waals surface area contributed by atoms with Crippen LogP contribution < -0.4 is 21.3 Å². The number of nitrogens with one attached hydrogen (secondary N) is 4. The Balaban J connectivity index is 1.38. The first kappa shape index (κ1) is 24.6. The largest absolute Gasteiger partial charge is 0.349 e. The van der Waals surface area contributed by atoms with Gasteiger partial charge in [0, 0.05) is 23.8 Å². The number of ketones is 1. The zero-order valence-corrected chi connectivity index (χ0v) is 20.5. The lowest BCUT2D eigenvalue weighted by molar-refractivity contribution is -0.123. The topological polar surface area (TPSA) is 112 Å². The van der Waals surface area contributed by atoms with Gasteiger partial charge in [0.05, 0.1) is 30.7 Å². The molecule has 4 N–H and O–H groups in total. The first-order valence-corrected chi connectivity index (χ1v) is 12.1. The number of rotatable bonds is 7. The van der Waals surface area contributed by atoms with E-state index in [4.69, 9.17) is 0 Å². The van der Waals surface area contributed by atoms with Gasteiger partial charge in [-0.05, 0) is 56.9 Å². The number of allylic oxidation sites excluding steroid dienone is 2. The van der Waals surface area contributed by atoms with Crippen molar-refractivity contribution in [2.45, 2.75) is 58.0 Å². The average Bonchev–Trinajstić information content (AvgIpc) is 2.86. The smallest absolute Gasteiger partial charge is 0.241 e. The van der Waals surface area contributed by atoms with E-state index in [0.717, 1.165) is 30.4 Å². The van der Waals surface area contributed by atoms with Gasteiger partial charge in [-0.15, -0.1) is 0 Å². The van der Waals surface area contributed by atoms with E-state index in [0.29, 0.717) is 23.7 Å². The van der Waals surface area contributed by atoms with Gasteiger partial charge in [0.1, 0.15) is 5.84 Å². The molecule has 0 bridgehead atoms. The fraction of sp³-hybridized carbons (Fsp3) is 0.407. The standard InChI is InChI=1S/C27H33N5O3/c1-16-11-19(26-29-14-20(15-30-26)31-27(35)17(2)28-3)12-24(33)22(16)13-25(34)32-23-10-6-8-18-7-4-5-9-21(18)23/h4-5,7,9,11,14,17,23,28H,6,8,10,12-13,15H2,1-3H3,(H,29,30)(H,31,35)(H,32,34)/t17-,23+/m0/s1. The van der Waals surface area contributed by atoms with Gasteiger partial charge in [-0.2, -0.15) is 0 Å². The molecule has 1 heterocycles. The van der Waals surface area contributed by atoms with Crippen LogP contribution in [-0.4, -0.2) is 43.1 Å². The minimum atomic E-state index is -0.309. The lowest BCUT2D eigenvalue weighted by Crippen LogP contribution is -2.42. The van der Waals surface area contributed by atoms with Gasteiger partial charge in [-0.1, -0.05) is 30.3 Å². The summed E-state index contributed by atoms with van der Waals surface area (Å²) in [6.45, 7) is 3.96. The third kappa shape index (κ3) is 5.77. The molecule has 0 spiro atoms. The van der Waals surface area contributed by atoms with Crippen molar-refractivity contribution in [1.82, 2.24) is 21.3 Å². The number of aryl methyl sites for hydroxylation is 1. The molecule has 0 radical (unpaired) electrons. The van der Waals surface area contributed by atoms with Crippen molar-refractivity contribution in [2.75, 3.05) is 13.6 Å². The fourth-order valence-corrected chi connectivity index (χ4v) is 4.68. The van der Waals surface area contributed by atoms with Crippen molar-refractivity contribution in [3.8, 4) is 0 Å². The van der Waals surface area contributed by atoms with Gasteiger partial charge in [-0.25, -0.2) is 0 Å². The number of hydrogen-bond donors (Lipinski definition) is 4. The number of aliphatic imine (C=N–C) groups is 1. The summed E-state index contributed by atoms with van der Waals surface area (Å²) in [7, 11) is 1.73.